The summed E-state index contributed by atoms with van der Waals surface area (Å²) < 4.78 is 304. The summed E-state index contributed by atoms with van der Waals surface area (Å²) in [5, 5.41) is 80.6. The summed E-state index contributed by atoms with van der Waals surface area (Å²) in [5.74, 6) is -7.85. The number of phosphoric ester groups is 4. The lowest BCUT2D eigenvalue weighted by Gasteiger charge is -2.24. The smallest absolute Gasteiger partial charge is 0.385 e. The number of aliphatic hydroxyl groups is 8. The van der Waals surface area contributed by atoms with Crippen LogP contribution in [0, 0.1) is 67.9 Å². The minimum absolute atomic E-state index is 0.0636. The molecule has 4 fully saturated rings. The van der Waals surface area contributed by atoms with Gasteiger partial charge < -0.3 is 138 Å². The minimum Gasteiger partial charge on any atom is -0.385 e. The average Bonchev–Trinajstić information content (AvgIpc) is 1.55. The van der Waals surface area contributed by atoms with Crippen LogP contribution in [-0.4, -0.2) is 256 Å². The second-order valence-electron chi connectivity index (χ2n) is 23.0. The Kier molecular flexibility index (Phi) is 34.1. The molecule has 0 aromatic carbocycles. The van der Waals surface area contributed by atoms with Gasteiger partial charge in [-0.2, -0.15) is 34.5 Å². The van der Waals surface area contributed by atoms with Crippen LogP contribution in [-0.2, 0) is 126 Å². The van der Waals surface area contributed by atoms with Gasteiger partial charge in [0.05, 0.1) is 30.5 Å². The number of phosphoric acid groups is 12. The predicted octanol–water partition coefficient (Wildman–Crippen LogP) is -3.41. The molecule has 0 spiro atoms. The number of H-pyrrole nitrogens is 4. The fourth-order valence-electron chi connectivity index (χ4n) is 8.75. The van der Waals surface area contributed by atoms with Gasteiger partial charge in [-0.3, -0.25) is 56.3 Å². The molecule has 4 saturated heterocycles. The van der Waals surface area contributed by atoms with E-state index in [1.807, 2.05) is 32.7 Å². The van der Waals surface area contributed by atoms with E-state index < -0.39 is 240 Å². The third kappa shape index (κ3) is 31.8. The molecule has 128 heavy (non-hydrogen) atoms. The Morgan fingerprint density at radius 1 is 0.352 bits per heavy atom. The quantitative estimate of drug-likeness (QED) is 0.00980. The van der Waals surface area contributed by atoms with Crippen LogP contribution in [0.25, 0.3) is 0 Å². The van der Waals surface area contributed by atoms with Gasteiger partial charge in [0.15, 0.2) is 24.9 Å². The highest BCUT2D eigenvalue weighted by Crippen LogP contribution is 2.70. The number of alkyl halides is 4. The van der Waals surface area contributed by atoms with Gasteiger partial charge in [-0.05, 0) is 0 Å². The Hall–Kier alpha value is -4.48. The Balaban J connectivity index is 0.000000316. The number of terminal acetylenes is 4. The van der Waals surface area contributed by atoms with Gasteiger partial charge in [0, 0.05) is 24.8 Å². The fourth-order valence-corrected chi connectivity index (χ4v) is 21.4. The van der Waals surface area contributed by atoms with Crippen molar-refractivity contribution in [3.05, 3.63) is 108 Å². The van der Waals surface area contributed by atoms with Crippen molar-refractivity contribution in [1.82, 2.24) is 38.2 Å². The molecular formula is C44H56F4N8O56P12S4. The highest BCUT2D eigenvalue weighted by atomic mass is 32.1. The normalized spacial score (nSPS) is 31.8. The summed E-state index contributed by atoms with van der Waals surface area (Å²) in [5.41, 5.74) is -5.57. The third-order valence-electron chi connectivity index (χ3n) is 13.7. The molecule has 0 saturated carbocycles. The summed E-state index contributed by atoms with van der Waals surface area (Å²) >= 11 is 19.1. The van der Waals surface area contributed by atoms with Gasteiger partial charge >= 0.3 is 117 Å². The van der Waals surface area contributed by atoms with Gasteiger partial charge in [0.2, 0.25) is 0 Å². The Morgan fingerprint density at radius 2 is 0.555 bits per heavy atom. The Morgan fingerprint density at radius 3 is 0.820 bits per heavy atom. The van der Waals surface area contributed by atoms with E-state index in [0.29, 0.717) is 15.3 Å². The molecule has 8 rings (SSSR count). The molecule has 28 N–H and O–H groups in total. The van der Waals surface area contributed by atoms with E-state index in [-0.39, 0.29) is 50.0 Å². The monoisotopic (exact) mass is 2170 g/mol. The van der Waals surface area contributed by atoms with Gasteiger partial charge in [0.25, 0.3) is 23.4 Å². The van der Waals surface area contributed by atoms with E-state index >= 15 is 17.6 Å². The van der Waals surface area contributed by atoms with Crippen molar-refractivity contribution in [3.63, 3.8) is 0 Å². The van der Waals surface area contributed by atoms with Gasteiger partial charge in [-0.25, -0.2) is 91.5 Å². The van der Waals surface area contributed by atoms with Crippen molar-refractivity contribution in [1.29, 1.82) is 0 Å². The van der Waals surface area contributed by atoms with E-state index in [0.717, 1.165) is 18.6 Å². The molecule has 0 amide bonds. The first-order valence-corrected chi connectivity index (χ1v) is 50.0. The van der Waals surface area contributed by atoms with E-state index in [9.17, 15) is 134 Å². The topological polar surface area (TPSA) is 989 Å². The van der Waals surface area contributed by atoms with Crippen LogP contribution in [0.5, 0.6) is 0 Å². The number of nitrogens with zero attached hydrogens (tertiary/aromatic N) is 4. The van der Waals surface area contributed by atoms with Crippen molar-refractivity contribution in [2.24, 2.45) is 0 Å². The lowest BCUT2D eigenvalue weighted by Crippen LogP contribution is -2.43. The molecule has 4 aromatic heterocycles. The summed E-state index contributed by atoms with van der Waals surface area (Å²) in [6, 6.07) is 0. The first-order chi connectivity index (χ1) is 59.8. The van der Waals surface area contributed by atoms with E-state index in [1.54, 1.807) is 0 Å². The molecule has 4 aliphatic heterocycles. The maximum Gasteiger partial charge on any atom is 0.490 e. The highest BCUT2D eigenvalue weighted by Gasteiger charge is 2.62. The summed E-state index contributed by atoms with van der Waals surface area (Å²) in [6.45, 7) is -12.4. The molecule has 720 valence electrons. The van der Waals surface area contributed by atoms with Crippen molar-refractivity contribution < 1.29 is 271 Å². The molecule has 84 heteroatoms. The SMILES string of the molecule is C#Cc1cn([C@@H]2O[C@](F)(COP(=O)(O)OP(=O)(O)OP(=O)(O)O)[C@@H](O)[C@H]2O)c(=O)[nH]c1=S.[2H]C([2H])(OP(=O)(O)OP(=O)(O)OP(=O)(O)O)[C@@]1(F)O[C@@H](n2cc(C#C)c(=S)[nH]c2=O)[C@H](O)[C@@H]1O.[2H]C([2H])(OP(=O)(O)OP(=O)(O)OP(=O)(O)O)[C@@]1(F)O[C@@]([2H])(n2cc(C#C)c(=S)[nH]c2=O)[C@H](O)[C@@H]1O.[2H][C@@]1(n2cc(C#C)c(=S)[nH]c2=O)O[C@](F)(COP(=O)(O)OP(=O)(O)OP(=O)(O)O)[C@@H](O)[C@H]1O. The van der Waals surface area contributed by atoms with Crippen LogP contribution in [0.2, 0.25) is 0 Å². The molecule has 24 atom stereocenters. The lowest BCUT2D eigenvalue weighted by molar-refractivity contribution is -0.205. The maximum atomic E-state index is 15.5. The highest BCUT2D eigenvalue weighted by molar-refractivity contribution is 7.72. The van der Waals surface area contributed by atoms with E-state index in [4.69, 9.17) is 146 Å². The summed E-state index contributed by atoms with van der Waals surface area (Å²) in [6.07, 6.45) is -8.39. The van der Waals surface area contributed by atoms with Crippen LogP contribution in [0.1, 0.15) is 55.3 Å². The van der Waals surface area contributed by atoms with E-state index in [2.05, 4.69) is 77.7 Å². The molecule has 4 aromatic rings. The second-order valence-corrected chi connectivity index (χ2v) is 42.2. The van der Waals surface area contributed by atoms with Crippen molar-refractivity contribution in [3.8, 4) is 49.4 Å². The number of aliphatic hydroxyl groups excluding tert-OH is 8. The minimum atomic E-state index is -6.35. The Bertz CT molecular complexity index is 6570. The molecule has 8 heterocycles. The predicted molar refractivity (Wildman–Crippen MR) is 398 cm³/mol. The standard InChI is InChI=1S/4C11H14FN2O14P3S/c4*1-2-5-3-14(10(17)13-8(5)32)9-6(15)7(16)11(12,26-9)4-25-30(21,22)28-31(23,24)27-29(18,19)20/h4*1,3,6-7,9,15-16H,4H2,(H,21,22)(H,23,24)(H,13,17,32)(H2,18,19,20)/t4*6-,7+,9-,11-/m1111/s1/i4D2,9D;9D;4D2;. The van der Waals surface area contributed by atoms with Crippen molar-refractivity contribution in [2.75, 3.05) is 26.3 Å². The molecular weight excluding hydrogens is 2110 g/mol. The van der Waals surface area contributed by atoms with Crippen molar-refractivity contribution >= 4 is 143 Å². The van der Waals surface area contributed by atoms with Crippen molar-refractivity contribution in [2.45, 2.75) is 97.1 Å². The number of rotatable bonds is 32. The van der Waals surface area contributed by atoms with Crippen LogP contribution in [0.4, 0.5) is 17.6 Å². The first kappa shape index (κ1) is 104. The van der Waals surface area contributed by atoms with Crippen LogP contribution in [0.3, 0.4) is 0 Å². The number of hydrogen-bond acceptors (Lipinski definition) is 44. The molecule has 0 radical (unpaired) electrons. The largest absolute Gasteiger partial charge is 0.490 e. The summed E-state index contributed by atoms with van der Waals surface area (Å²) in [7, 11) is -71.3. The molecule has 4 aliphatic rings. The molecule has 0 bridgehead atoms. The van der Waals surface area contributed by atoms with Gasteiger partial charge in [0.1, 0.15) is 93.7 Å². The second kappa shape index (κ2) is 42.0. The number of aromatic nitrogens is 8. The zero-order valence-corrected chi connectivity index (χ0v) is 73.9. The van der Waals surface area contributed by atoms with Gasteiger partial charge in [-0.1, -0.05) is 72.6 Å². The molecule has 64 nitrogen and oxygen atoms in total. The zero-order chi connectivity index (χ0) is 104. The average molecular weight is 2170 g/mol. The maximum absolute atomic E-state index is 15.5. The zero-order valence-electron chi connectivity index (χ0n) is 65.9. The number of nitrogens with one attached hydrogen (secondary N) is 4. The molecule has 8 unspecified atom stereocenters. The number of ether oxygens (including phenoxy) is 4. The van der Waals surface area contributed by atoms with E-state index in [1.165, 1.54) is 0 Å². The first-order valence-electron chi connectivity index (χ1n) is 33.3. The number of aromatic amines is 4. The number of hydrogen-bond donors (Lipinski definition) is 28. The fraction of sp³-hybridized carbons (Fsp3) is 0.455. The van der Waals surface area contributed by atoms with Crippen LogP contribution >= 0.6 is 143 Å². The van der Waals surface area contributed by atoms with Crippen LogP contribution in [0.15, 0.2) is 44.0 Å². The van der Waals surface area contributed by atoms with Crippen LogP contribution < -0.4 is 22.8 Å². The number of halogens is 4. The Labute approximate surface area is 729 Å². The lowest BCUT2D eigenvalue weighted by atomic mass is 10.1. The van der Waals surface area contributed by atoms with Gasteiger partial charge in [-0.15, -0.1) is 25.7 Å². The third-order valence-corrected chi connectivity index (χ3v) is 29.8. The summed E-state index contributed by atoms with van der Waals surface area (Å²) in [4.78, 5) is 198. The molecule has 0 aliphatic carbocycles.